The molecule has 68 valence electrons. The molecule has 1 heterocycles. The van der Waals surface area contributed by atoms with Crippen LogP contribution in [-0.4, -0.2) is 11.2 Å². The monoisotopic (exact) mass is 191 g/mol. The minimum atomic E-state index is 1.06. The van der Waals surface area contributed by atoms with Gasteiger partial charge in [0.25, 0.3) is 0 Å². The van der Waals surface area contributed by atoms with E-state index in [2.05, 4.69) is 42.4 Å². The SMILES string of the molecule is CSCc1cc2cc(C)ccc2[nH]1. The standard InChI is InChI=1S/C11H13NS/c1-8-3-4-11-9(5-8)6-10(12-11)7-13-2/h3-6,12H,7H2,1-2H3. The molecule has 2 heteroatoms. The quantitative estimate of drug-likeness (QED) is 0.769. The van der Waals surface area contributed by atoms with E-state index in [-0.39, 0.29) is 0 Å². The van der Waals surface area contributed by atoms with E-state index in [0.29, 0.717) is 0 Å². The van der Waals surface area contributed by atoms with Crippen molar-refractivity contribution in [3.63, 3.8) is 0 Å². The summed E-state index contributed by atoms with van der Waals surface area (Å²) in [6.45, 7) is 2.13. The topological polar surface area (TPSA) is 15.8 Å². The second kappa shape index (κ2) is 3.46. The fraction of sp³-hybridized carbons (Fsp3) is 0.273. The number of benzene rings is 1. The van der Waals surface area contributed by atoms with Gasteiger partial charge in [0.15, 0.2) is 0 Å². The van der Waals surface area contributed by atoms with Gasteiger partial charge < -0.3 is 4.98 Å². The Morgan fingerprint density at radius 1 is 1.31 bits per heavy atom. The highest BCUT2D eigenvalue weighted by Gasteiger charge is 1.99. The molecule has 0 saturated heterocycles. The molecule has 0 aliphatic carbocycles. The highest BCUT2D eigenvalue weighted by atomic mass is 32.2. The second-order valence-corrected chi connectivity index (χ2v) is 4.18. The minimum absolute atomic E-state index is 1.06. The third kappa shape index (κ3) is 1.73. The van der Waals surface area contributed by atoms with Gasteiger partial charge >= 0.3 is 0 Å². The molecular formula is C11H13NS. The van der Waals surface area contributed by atoms with E-state index < -0.39 is 0 Å². The van der Waals surface area contributed by atoms with Crippen molar-refractivity contribution in [2.24, 2.45) is 0 Å². The first-order valence-corrected chi connectivity index (χ1v) is 5.76. The maximum absolute atomic E-state index is 3.40. The number of thioether (sulfide) groups is 1. The number of H-pyrrole nitrogens is 1. The lowest BCUT2D eigenvalue weighted by Crippen LogP contribution is -1.76. The second-order valence-electron chi connectivity index (χ2n) is 3.32. The first-order chi connectivity index (χ1) is 6.29. The van der Waals surface area contributed by atoms with Crippen LogP contribution in [0.2, 0.25) is 0 Å². The van der Waals surface area contributed by atoms with E-state index in [1.807, 2.05) is 11.8 Å². The van der Waals surface area contributed by atoms with Crippen molar-refractivity contribution >= 4 is 22.7 Å². The van der Waals surface area contributed by atoms with Gasteiger partial charge in [-0.15, -0.1) is 0 Å². The molecule has 0 fully saturated rings. The van der Waals surface area contributed by atoms with Crippen molar-refractivity contribution in [2.45, 2.75) is 12.7 Å². The summed E-state index contributed by atoms with van der Waals surface area (Å²) in [5.41, 5.74) is 3.88. The lowest BCUT2D eigenvalue weighted by atomic mass is 10.2. The Morgan fingerprint density at radius 2 is 2.15 bits per heavy atom. The van der Waals surface area contributed by atoms with Crippen molar-refractivity contribution in [3.8, 4) is 0 Å². The highest BCUT2D eigenvalue weighted by Crippen LogP contribution is 2.19. The van der Waals surface area contributed by atoms with Crippen molar-refractivity contribution < 1.29 is 0 Å². The zero-order valence-corrected chi connectivity index (χ0v) is 8.74. The maximum atomic E-state index is 3.40. The number of fused-ring (bicyclic) bond motifs is 1. The van der Waals surface area contributed by atoms with Gasteiger partial charge in [0.2, 0.25) is 0 Å². The Morgan fingerprint density at radius 3 is 2.92 bits per heavy atom. The van der Waals surface area contributed by atoms with Crippen molar-refractivity contribution in [1.29, 1.82) is 0 Å². The van der Waals surface area contributed by atoms with E-state index in [1.165, 1.54) is 22.2 Å². The van der Waals surface area contributed by atoms with Crippen LogP contribution < -0.4 is 0 Å². The Kier molecular flexibility index (Phi) is 2.32. The average molecular weight is 191 g/mol. The number of rotatable bonds is 2. The van der Waals surface area contributed by atoms with Gasteiger partial charge in [-0.05, 0) is 36.8 Å². The minimum Gasteiger partial charge on any atom is -0.358 e. The van der Waals surface area contributed by atoms with Crippen molar-refractivity contribution in [1.82, 2.24) is 4.98 Å². The summed E-state index contributed by atoms with van der Waals surface area (Å²) in [4.78, 5) is 3.40. The van der Waals surface area contributed by atoms with Crippen LogP contribution in [0, 0.1) is 6.92 Å². The Bertz CT molecular complexity index is 417. The first kappa shape index (κ1) is 8.70. The summed E-state index contributed by atoms with van der Waals surface area (Å²) in [5, 5.41) is 1.32. The molecule has 13 heavy (non-hydrogen) atoms. The summed E-state index contributed by atoms with van der Waals surface area (Å²) in [7, 11) is 0. The predicted molar refractivity (Wildman–Crippen MR) is 60.3 cm³/mol. The van der Waals surface area contributed by atoms with Gasteiger partial charge in [0.1, 0.15) is 0 Å². The smallest absolute Gasteiger partial charge is 0.0456 e. The summed E-state index contributed by atoms with van der Waals surface area (Å²) < 4.78 is 0. The lowest BCUT2D eigenvalue weighted by molar-refractivity contribution is 1.27. The molecule has 0 aliphatic heterocycles. The van der Waals surface area contributed by atoms with E-state index in [4.69, 9.17) is 0 Å². The van der Waals surface area contributed by atoms with Gasteiger partial charge in [-0.2, -0.15) is 11.8 Å². The van der Waals surface area contributed by atoms with E-state index in [1.54, 1.807) is 0 Å². The van der Waals surface area contributed by atoms with Crippen LogP contribution in [0.25, 0.3) is 10.9 Å². The zero-order valence-electron chi connectivity index (χ0n) is 7.92. The van der Waals surface area contributed by atoms with Gasteiger partial charge in [-0.1, -0.05) is 11.6 Å². The number of aromatic amines is 1. The molecule has 0 radical (unpaired) electrons. The molecule has 0 unspecified atom stereocenters. The molecular weight excluding hydrogens is 178 g/mol. The fourth-order valence-corrected chi connectivity index (χ4v) is 2.01. The lowest BCUT2D eigenvalue weighted by Gasteiger charge is -1.91. The van der Waals surface area contributed by atoms with Crippen LogP contribution in [0.1, 0.15) is 11.3 Å². The number of aromatic nitrogens is 1. The molecule has 0 aliphatic rings. The van der Waals surface area contributed by atoms with Gasteiger partial charge in [-0.25, -0.2) is 0 Å². The normalized spacial score (nSPS) is 10.9. The number of hydrogen-bond donors (Lipinski definition) is 1. The predicted octanol–water partition coefficient (Wildman–Crippen LogP) is 3.34. The van der Waals surface area contributed by atoms with E-state index in [0.717, 1.165) is 5.75 Å². The fourth-order valence-electron chi connectivity index (χ4n) is 1.55. The molecule has 0 atom stereocenters. The molecule has 0 saturated carbocycles. The van der Waals surface area contributed by atoms with Crippen LogP contribution >= 0.6 is 11.8 Å². The molecule has 1 nitrogen and oxygen atoms in total. The van der Waals surface area contributed by atoms with Crippen LogP contribution in [0.5, 0.6) is 0 Å². The number of aryl methyl sites for hydroxylation is 1. The van der Waals surface area contributed by atoms with Crippen LogP contribution in [0.15, 0.2) is 24.3 Å². The summed E-state index contributed by atoms with van der Waals surface area (Å²) in [6.07, 6.45) is 2.12. The average Bonchev–Trinajstić information content (AvgIpc) is 2.46. The Balaban J connectivity index is 2.49. The molecule has 0 spiro atoms. The van der Waals surface area contributed by atoms with Crippen molar-refractivity contribution in [2.75, 3.05) is 6.26 Å². The van der Waals surface area contributed by atoms with Crippen LogP contribution in [0.4, 0.5) is 0 Å². The van der Waals surface area contributed by atoms with E-state index >= 15 is 0 Å². The number of nitrogens with one attached hydrogen (secondary N) is 1. The molecule has 0 amide bonds. The van der Waals surface area contributed by atoms with Crippen molar-refractivity contribution in [3.05, 3.63) is 35.5 Å². The van der Waals surface area contributed by atoms with Crippen LogP contribution in [0.3, 0.4) is 0 Å². The Hall–Kier alpha value is -0.890. The maximum Gasteiger partial charge on any atom is 0.0456 e. The van der Waals surface area contributed by atoms with Gasteiger partial charge in [-0.3, -0.25) is 0 Å². The molecule has 2 aromatic rings. The Labute approximate surface area is 82.5 Å². The molecule has 1 aromatic heterocycles. The van der Waals surface area contributed by atoms with E-state index in [9.17, 15) is 0 Å². The van der Waals surface area contributed by atoms with Gasteiger partial charge in [0, 0.05) is 17.0 Å². The molecule has 1 N–H and O–H groups in total. The number of hydrogen-bond acceptors (Lipinski definition) is 1. The molecule has 2 rings (SSSR count). The van der Waals surface area contributed by atoms with Crippen LogP contribution in [-0.2, 0) is 5.75 Å². The molecule has 1 aromatic carbocycles. The third-order valence-corrected chi connectivity index (χ3v) is 2.73. The largest absolute Gasteiger partial charge is 0.358 e. The zero-order chi connectivity index (χ0) is 9.26. The summed E-state index contributed by atoms with van der Waals surface area (Å²) >= 11 is 1.84. The highest BCUT2D eigenvalue weighted by molar-refractivity contribution is 7.97. The van der Waals surface area contributed by atoms with Gasteiger partial charge in [0.05, 0.1) is 0 Å². The summed E-state index contributed by atoms with van der Waals surface area (Å²) in [5.74, 6) is 1.06. The molecule has 0 bridgehead atoms. The first-order valence-electron chi connectivity index (χ1n) is 4.37. The summed E-state index contributed by atoms with van der Waals surface area (Å²) in [6, 6.07) is 8.74. The third-order valence-electron chi connectivity index (χ3n) is 2.13.